The van der Waals surface area contributed by atoms with Gasteiger partial charge in [0.15, 0.2) is 0 Å². The van der Waals surface area contributed by atoms with Crippen molar-refractivity contribution in [1.29, 1.82) is 0 Å². The topological polar surface area (TPSA) is 81.9 Å². The molecule has 0 N–H and O–H groups in total. The van der Waals surface area contributed by atoms with Crippen molar-refractivity contribution in [3.63, 3.8) is 0 Å². The van der Waals surface area contributed by atoms with Gasteiger partial charge in [0, 0.05) is 12.1 Å². The molecule has 24 heavy (non-hydrogen) atoms. The molecule has 0 saturated heterocycles. The quantitative estimate of drug-likeness (QED) is 0.132. The second-order valence-corrected chi connectivity index (χ2v) is 6.26. The van der Waals surface area contributed by atoms with E-state index in [1.807, 2.05) is 25.1 Å². The molecule has 0 amide bonds. The second-order valence-electron chi connectivity index (χ2n) is 5.08. The highest BCUT2D eigenvalue weighted by Gasteiger charge is 2.13. The van der Waals surface area contributed by atoms with Crippen LogP contribution in [-0.2, 0) is 0 Å². The third-order valence-corrected chi connectivity index (χ3v) is 4.87. The van der Waals surface area contributed by atoms with Crippen molar-refractivity contribution in [3.05, 3.63) is 64.2 Å². The summed E-state index contributed by atoms with van der Waals surface area (Å²) in [4.78, 5) is 23.9. The molecular weight excluding hydrogens is 427 g/mol. The minimum Gasteiger partial charge on any atom is -0.395 e. The Kier molecular flexibility index (Phi) is 6.10. The number of nitrogens with zero attached hydrogens (tertiary/aromatic N) is 2. The molecule has 2 rings (SSSR count). The molecule has 1 unspecified atom stereocenters. The molecule has 1 atom stereocenters. The van der Waals surface area contributed by atoms with Crippen molar-refractivity contribution < 1.29 is 19.2 Å². The highest BCUT2D eigenvalue weighted by Crippen LogP contribution is 2.28. The predicted octanol–water partition coefficient (Wildman–Crippen LogP) is 4.17. The summed E-state index contributed by atoms with van der Waals surface area (Å²) in [7, 11) is 3.90. The maximum absolute atomic E-state index is 11.8. The first kappa shape index (κ1) is 18.1. The van der Waals surface area contributed by atoms with Crippen LogP contribution in [0.2, 0.25) is 0 Å². The highest BCUT2D eigenvalue weighted by molar-refractivity contribution is 14.1. The zero-order valence-corrected chi connectivity index (χ0v) is 15.2. The first-order chi connectivity index (χ1) is 11.4. The Balaban J connectivity index is 2.02. The van der Waals surface area contributed by atoms with Gasteiger partial charge in [-0.3, -0.25) is 15.0 Å². The molecule has 8 heteroatoms. The van der Waals surface area contributed by atoms with Crippen LogP contribution in [0.25, 0.3) is 0 Å². The molecule has 0 fully saturated rings. The van der Waals surface area contributed by atoms with Gasteiger partial charge in [-0.2, -0.15) is 0 Å². The first-order valence-electron chi connectivity index (χ1n) is 6.91. The fourth-order valence-corrected chi connectivity index (χ4v) is 2.26. The fraction of sp³-hybridized carbons (Fsp3) is 0.188. The Bertz CT molecular complexity index is 734. The van der Waals surface area contributed by atoms with Gasteiger partial charge in [0.05, 0.1) is 8.97 Å². The Hall–Kier alpha value is -2.20. The molecule has 0 bridgehead atoms. The van der Waals surface area contributed by atoms with Crippen molar-refractivity contribution in [2.75, 3.05) is 14.1 Å². The molecule has 0 aromatic heterocycles. The number of alkyl halides is 1. The van der Waals surface area contributed by atoms with Gasteiger partial charge in [0.2, 0.25) is 0 Å². The normalized spacial score (nSPS) is 11.8. The Labute approximate surface area is 152 Å². The van der Waals surface area contributed by atoms with Crippen molar-refractivity contribution in [2.24, 2.45) is 0 Å². The maximum Gasteiger partial charge on any atom is 0.519 e. The average molecular weight is 442 g/mol. The summed E-state index contributed by atoms with van der Waals surface area (Å²) in [6, 6.07) is 12.3. The van der Waals surface area contributed by atoms with Gasteiger partial charge in [-0.1, -0.05) is 34.7 Å². The van der Waals surface area contributed by atoms with Crippen LogP contribution in [0.5, 0.6) is 11.5 Å². The van der Waals surface area contributed by atoms with Crippen molar-refractivity contribution >= 4 is 34.4 Å². The number of non-ortho nitro benzene ring substituents is 1. The molecule has 0 saturated carbocycles. The lowest BCUT2D eigenvalue weighted by molar-refractivity contribution is -0.384. The number of nitro groups is 1. The lowest BCUT2D eigenvalue weighted by atomic mass is 10.2. The third-order valence-electron chi connectivity index (χ3n) is 3.04. The van der Waals surface area contributed by atoms with Gasteiger partial charge in [-0.25, -0.2) is 4.79 Å². The van der Waals surface area contributed by atoms with Crippen molar-refractivity contribution in [2.45, 2.75) is 4.05 Å². The van der Waals surface area contributed by atoms with Crippen LogP contribution in [0.1, 0.15) is 9.61 Å². The van der Waals surface area contributed by atoms with Crippen LogP contribution in [0.3, 0.4) is 0 Å². The molecule has 7 nitrogen and oxygen atoms in total. The Morgan fingerprint density at radius 3 is 2.33 bits per heavy atom. The van der Waals surface area contributed by atoms with Gasteiger partial charge in [0.1, 0.15) is 11.5 Å². The summed E-state index contributed by atoms with van der Waals surface area (Å²) in [5.41, 5.74) is 0.904. The zero-order chi connectivity index (χ0) is 17.7. The molecule has 0 heterocycles. The summed E-state index contributed by atoms with van der Waals surface area (Å²) in [5, 5.41) is 10.6. The first-order valence-corrected chi connectivity index (χ1v) is 8.16. The Morgan fingerprint density at radius 1 is 1.12 bits per heavy atom. The predicted molar refractivity (Wildman–Crippen MR) is 96.6 cm³/mol. The van der Waals surface area contributed by atoms with E-state index in [9.17, 15) is 14.9 Å². The van der Waals surface area contributed by atoms with Gasteiger partial charge in [0.25, 0.3) is 5.69 Å². The smallest absolute Gasteiger partial charge is 0.395 e. The lowest BCUT2D eigenvalue weighted by Gasteiger charge is -2.18. The van der Waals surface area contributed by atoms with Crippen LogP contribution < -0.4 is 9.47 Å². The number of ether oxygens (including phenoxy) is 2. The molecule has 2 aromatic carbocycles. The van der Waals surface area contributed by atoms with Crippen molar-refractivity contribution in [1.82, 2.24) is 4.90 Å². The summed E-state index contributed by atoms with van der Waals surface area (Å²) < 4.78 is 10.3. The van der Waals surface area contributed by atoms with Crippen LogP contribution in [0.15, 0.2) is 48.5 Å². The molecular formula is C16H15IN2O5. The average Bonchev–Trinajstić information content (AvgIpc) is 2.54. The van der Waals surface area contributed by atoms with Crippen LogP contribution in [0, 0.1) is 10.1 Å². The molecule has 126 valence electrons. The van der Waals surface area contributed by atoms with Crippen LogP contribution in [-0.4, -0.2) is 30.1 Å². The van der Waals surface area contributed by atoms with E-state index < -0.39 is 11.1 Å². The summed E-state index contributed by atoms with van der Waals surface area (Å²) >= 11 is 2.27. The minimum absolute atomic E-state index is 0.0832. The van der Waals surface area contributed by atoms with Crippen LogP contribution in [0.4, 0.5) is 10.5 Å². The van der Waals surface area contributed by atoms with E-state index in [0.717, 1.165) is 5.56 Å². The van der Waals surface area contributed by atoms with E-state index in [2.05, 4.69) is 22.6 Å². The maximum atomic E-state index is 11.8. The summed E-state index contributed by atoms with van der Waals surface area (Å²) in [5.74, 6) is 0.532. The number of rotatable bonds is 5. The summed E-state index contributed by atoms with van der Waals surface area (Å²) in [6.45, 7) is 0. The summed E-state index contributed by atoms with van der Waals surface area (Å²) in [6.07, 6.45) is -0.907. The fourth-order valence-electron chi connectivity index (χ4n) is 1.87. The third kappa shape index (κ3) is 4.90. The number of hydrogen-bond acceptors (Lipinski definition) is 6. The standard InChI is InChI=1S/C16H15IN2O5/c1-18(2)15(17)11-4-3-5-14(10-11)24-16(20)23-13-8-6-12(7-9-13)19(21)22/h3-10,15H,1-2H3. The van der Waals surface area contributed by atoms with Gasteiger partial charge < -0.3 is 9.47 Å². The number of nitro benzene ring substituents is 1. The highest BCUT2D eigenvalue weighted by atomic mass is 127. The second kappa shape index (κ2) is 8.06. The molecule has 0 aliphatic heterocycles. The van der Waals surface area contributed by atoms with E-state index in [1.54, 1.807) is 18.2 Å². The molecule has 0 radical (unpaired) electrons. The zero-order valence-electron chi connectivity index (χ0n) is 13.0. The van der Waals surface area contributed by atoms with E-state index in [0.29, 0.717) is 5.75 Å². The SMILES string of the molecule is CN(C)C(I)c1cccc(OC(=O)Oc2ccc([N+](=O)[O-])cc2)c1. The van der Waals surface area contributed by atoms with Gasteiger partial charge >= 0.3 is 6.16 Å². The lowest BCUT2D eigenvalue weighted by Crippen LogP contribution is -2.16. The largest absolute Gasteiger partial charge is 0.519 e. The molecule has 0 aliphatic carbocycles. The number of halogens is 1. The van der Waals surface area contributed by atoms with E-state index in [-0.39, 0.29) is 15.5 Å². The monoisotopic (exact) mass is 442 g/mol. The molecule has 2 aromatic rings. The van der Waals surface area contributed by atoms with E-state index >= 15 is 0 Å². The van der Waals surface area contributed by atoms with Gasteiger partial charge in [-0.15, -0.1) is 0 Å². The minimum atomic E-state index is -0.907. The van der Waals surface area contributed by atoms with Crippen molar-refractivity contribution in [3.8, 4) is 11.5 Å². The van der Waals surface area contributed by atoms with Crippen LogP contribution >= 0.6 is 22.6 Å². The number of hydrogen-bond donors (Lipinski definition) is 0. The molecule has 0 aliphatic rings. The van der Waals surface area contributed by atoms with Gasteiger partial charge in [-0.05, 0) is 43.9 Å². The number of carbonyl (C=O) groups excluding carboxylic acids is 1. The Morgan fingerprint density at radius 2 is 1.75 bits per heavy atom. The van der Waals surface area contributed by atoms with E-state index in [1.165, 1.54) is 24.3 Å². The number of benzene rings is 2. The number of carbonyl (C=O) groups is 1. The molecule has 0 spiro atoms. The van der Waals surface area contributed by atoms with E-state index in [4.69, 9.17) is 9.47 Å².